The smallest absolute Gasteiger partial charge is 0.317 e. The van der Waals surface area contributed by atoms with Crippen molar-refractivity contribution in [2.24, 2.45) is 0 Å². The molecule has 0 saturated carbocycles. The van der Waals surface area contributed by atoms with E-state index in [4.69, 9.17) is 5.11 Å². The monoisotopic (exact) mass is 294 g/mol. The lowest BCUT2D eigenvalue weighted by Gasteiger charge is -2.28. The fourth-order valence-corrected chi connectivity index (χ4v) is 3.11. The highest BCUT2D eigenvalue weighted by Gasteiger charge is 2.19. The third kappa shape index (κ3) is 4.08. The van der Waals surface area contributed by atoms with Crippen LogP contribution in [0, 0.1) is 0 Å². The van der Waals surface area contributed by atoms with Crippen molar-refractivity contribution in [3.63, 3.8) is 0 Å². The predicted molar refractivity (Wildman–Crippen MR) is 82.8 cm³/mol. The van der Waals surface area contributed by atoms with Crippen LogP contribution in [0.5, 0.6) is 0 Å². The van der Waals surface area contributed by atoms with Gasteiger partial charge in [-0.15, -0.1) is 11.3 Å². The molecular weight excluding hydrogens is 272 g/mol. The molecule has 4 nitrogen and oxygen atoms in total. The first-order chi connectivity index (χ1) is 9.70. The van der Waals surface area contributed by atoms with Crippen LogP contribution in [0.4, 0.5) is 4.79 Å². The lowest BCUT2D eigenvalue weighted by molar-refractivity contribution is 0.197. The Morgan fingerprint density at radius 3 is 3.05 bits per heavy atom. The quantitative estimate of drug-likeness (QED) is 0.877. The second kappa shape index (κ2) is 7.45. The zero-order valence-electron chi connectivity index (χ0n) is 11.8. The second-order valence-corrected chi connectivity index (χ2v) is 6.07. The molecule has 1 unspecified atom stereocenters. The zero-order valence-corrected chi connectivity index (χ0v) is 12.7. The Bertz CT molecular complexity index is 456. The van der Waals surface area contributed by atoms with Gasteiger partial charge in [0.25, 0.3) is 0 Å². The first kappa shape index (κ1) is 15.1. The molecule has 1 atom stereocenters. The summed E-state index contributed by atoms with van der Waals surface area (Å²) in [7, 11) is 0. The van der Waals surface area contributed by atoms with Crippen LogP contribution in [0.15, 0.2) is 23.6 Å². The fraction of sp³-hybridized carbons (Fsp3) is 0.533. The maximum absolute atomic E-state index is 12.1. The van der Waals surface area contributed by atoms with E-state index in [-0.39, 0.29) is 18.7 Å². The first-order valence-corrected chi connectivity index (χ1v) is 7.98. The number of urea groups is 1. The Hall–Kier alpha value is -1.33. The van der Waals surface area contributed by atoms with Crippen molar-refractivity contribution in [3.05, 3.63) is 28.5 Å². The number of hydrogen-bond acceptors (Lipinski definition) is 3. The molecule has 1 aromatic heterocycles. The van der Waals surface area contributed by atoms with Crippen LogP contribution < -0.4 is 5.32 Å². The number of thiophene rings is 1. The number of aliphatic hydroxyl groups is 1. The number of amides is 2. The van der Waals surface area contributed by atoms with Gasteiger partial charge in [0.1, 0.15) is 0 Å². The molecule has 2 N–H and O–H groups in total. The van der Waals surface area contributed by atoms with Crippen molar-refractivity contribution in [1.82, 2.24) is 10.2 Å². The van der Waals surface area contributed by atoms with Gasteiger partial charge in [-0.05, 0) is 43.2 Å². The van der Waals surface area contributed by atoms with Crippen molar-refractivity contribution in [3.8, 4) is 0 Å². The topological polar surface area (TPSA) is 52.6 Å². The van der Waals surface area contributed by atoms with Crippen molar-refractivity contribution in [2.45, 2.75) is 32.2 Å². The predicted octanol–water partition coefficient (Wildman–Crippen LogP) is 2.71. The molecule has 2 rings (SSSR count). The SMILES string of the molecule is CC(CCCO)NC(=O)N1CC=C(c2cccs2)CC1. The molecule has 0 aromatic carbocycles. The van der Waals surface area contributed by atoms with E-state index in [0.29, 0.717) is 6.54 Å². The standard InChI is InChI=1S/C15H22N2O2S/c1-12(4-2-10-18)16-15(19)17-8-6-13(7-9-17)14-5-3-11-20-14/h3,5-6,11-12,18H,2,4,7-10H2,1H3,(H,16,19). The number of aliphatic hydroxyl groups excluding tert-OH is 1. The minimum atomic E-state index is -0.00285. The summed E-state index contributed by atoms with van der Waals surface area (Å²) in [6, 6.07) is 4.29. The van der Waals surface area contributed by atoms with E-state index in [2.05, 4.69) is 28.9 Å². The molecule has 110 valence electrons. The Kier molecular flexibility index (Phi) is 5.61. The van der Waals surface area contributed by atoms with Gasteiger partial charge >= 0.3 is 6.03 Å². The summed E-state index contributed by atoms with van der Waals surface area (Å²) in [6.07, 6.45) is 4.60. The third-order valence-corrected chi connectivity index (χ3v) is 4.44. The highest BCUT2D eigenvalue weighted by Crippen LogP contribution is 2.25. The molecule has 1 aliphatic rings. The lowest BCUT2D eigenvalue weighted by Crippen LogP contribution is -2.45. The van der Waals surface area contributed by atoms with Gasteiger partial charge in [-0.1, -0.05) is 12.1 Å². The largest absolute Gasteiger partial charge is 0.396 e. The van der Waals surface area contributed by atoms with E-state index in [1.54, 1.807) is 11.3 Å². The summed E-state index contributed by atoms with van der Waals surface area (Å²) in [4.78, 5) is 15.2. The number of carbonyl (C=O) groups excluding carboxylic acids is 1. The minimum Gasteiger partial charge on any atom is -0.396 e. The van der Waals surface area contributed by atoms with Crippen LogP contribution in [0.1, 0.15) is 31.1 Å². The number of carbonyl (C=O) groups is 1. The van der Waals surface area contributed by atoms with Crippen molar-refractivity contribution in [1.29, 1.82) is 0 Å². The molecule has 0 fully saturated rings. The van der Waals surface area contributed by atoms with Crippen LogP contribution in [0.3, 0.4) is 0 Å². The number of nitrogens with zero attached hydrogens (tertiary/aromatic N) is 1. The van der Waals surface area contributed by atoms with Gasteiger partial charge in [-0.2, -0.15) is 0 Å². The fourth-order valence-electron chi connectivity index (χ4n) is 2.31. The maximum atomic E-state index is 12.1. The molecular formula is C15H22N2O2S. The van der Waals surface area contributed by atoms with E-state index in [0.717, 1.165) is 25.8 Å². The molecule has 2 heterocycles. The average Bonchev–Trinajstić information content (AvgIpc) is 2.99. The molecule has 0 radical (unpaired) electrons. The van der Waals surface area contributed by atoms with Gasteiger partial charge in [-0.25, -0.2) is 4.79 Å². The van der Waals surface area contributed by atoms with Crippen LogP contribution in [-0.2, 0) is 0 Å². The van der Waals surface area contributed by atoms with Crippen molar-refractivity contribution in [2.75, 3.05) is 19.7 Å². The summed E-state index contributed by atoms with van der Waals surface area (Å²) in [5.41, 5.74) is 1.34. The van der Waals surface area contributed by atoms with Gasteiger partial charge in [0.05, 0.1) is 0 Å². The van der Waals surface area contributed by atoms with Gasteiger partial charge < -0.3 is 15.3 Å². The van der Waals surface area contributed by atoms with Crippen LogP contribution >= 0.6 is 11.3 Å². The summed E-state index contributed by atoms with van der Waals surface area (Å²) >= 11 is 1.75. The summed E-state index contributed by atoms with van der Waals surface area (Å²) in [6.45, 7) is 3.59. The van der Waals surface area contributed by atoms with Gasteiger partial charge in [-0.3, -0.25) is 0 Å². The molecule has 1 aliphatic heterocycles. The van der Waals surface area contributed by atoms with E-state index in [1.807, 2.05) is 11.8 Å². The second-order valence-electron chi connectivity index (χ2n) is 5.12. The summed E-state index contributed by atoms with van der Waals surface area (Å²) in [5.74, 6) is 0. The number of rotatable bonds is 5. The Labute approximate surface area is 124 Å². The maximum Gasteiger partial charge on any atom is 0.317 e. The van der Waals surface area contributed by atoms with Gasteiger partial charge in [0.15, 0.2) is 0 Å². The van der Waals surface area contributed by atoms with Crippen molar-refractivity contribution < 1.29 is 9.90 Å². The van der Waals surface area contributed by atoms with Gasteiger partial charge in [0, 0.05) is 30.6 Å². The molecule has 0 saturated heterocycles. The minimum absolute atomic E-state index is 0.00285. The Morgan fingerprint density at radius 1 is 1.60 bits per heavy atom. The molecule has 20 heavy (non-hydrogen) atoms. The van der Waals surface area contributed by atoms with Crippen LogP contribution in [-0.4, -0.2) is 41.8 Å². The van der Waals surface area contributed by atoms with Crippen molar-refractivity contribution >= 4 is 22.9 Å². The van der Waals surface area contributed by atoms with Crippen LogP contribution in [0.2, 0.25) is 0 Å². The Morgan fingerprint density at radius 2 is 2.45 bits per heavy atom. The van der Waals surface area contributed by atoms with E-state index in [9.17, 15) is 4.79 Å². The summed E-state index contributed by atoms with van der Waals surface area (Å²) in [5, 5.41) is 13.9. The molecule has 1 aromatic rings. The highest BCUT2D eigenvalue weighted by atomic mass is 32.1. The number of nitrogens with one attached hydrogen (secondary N) is 1. The first-order valence-electron chi connectivity index (χ1n) is 7.10. The summed E-state index contributed by atoms with van der Waals surface area (Å²) < 4.78 is 0. The van der Waals surface area contributed by atoms with Gasteiger partial charge in [0.2, 0.25) is 0 Å². The molecule has 0 bridgehead atoms. The Balaban J connectivity index is 1.82. The highest BCUT2D eigenvalue weighted by molar-refractivity contribution is 7.11. The zero-order chi connectivity index (χ0) is 14.4. The van der Waals surface area contributed by atoms with Crippen LogP contribution in [0.25, 0.3) is 5.57 Å². The normalized spacial score (nSPS) is 16.7. The van der Waals surface area contributed by atoms with E-state index in [1.165, 1.54) is 10.5 Å². The molecule has 5 heteroatoms. The van der Waals surface area contributed by atoms with E-state index >= 15 is 0 Å². The average molecular weight is 294 g/mol. The van der Waals surface area contributed by atoms with E-state index < -0.39 is 0 Å². The number of hydrogen-bond donors (Lipinski definition) is 2. The molecule has 0 aliphatic carbocycles. The third-order valence-electron chi connectivity index (χ3n) is 3.50. The lowest BCUT2D eigenvalue weighted by atomic mass is 10.1. The molecule has 2 amide bonds. The molecule has 0 spiro atoms.